The highest BCUT2D eigenvalue weighted by atomic mass is 15.4. The summed E-state index contributed by atoms with van der Waals surface area (Å²) in [5.41, 5.74) is 13.4. The minimum atomic E-state index is 0.209. The number of anilines is 1. The average Bonchev–Trinajstić information content (AvgIpc) is 2.72. The van der Waals surface area contributed by atoms with Gasteiger partial charge >= 0.3 is 0 Å². The van der Waals surface area contributed by atoms with E-state index in [1.807, 2.05) is 28.9 Å². The van der Waals surface area contributed by atoms with Crippen molar-refractivity contribution in [2.45, 2.75) is 25.4 Å². The third-order valence-corrected chi connectivity index (χ3v) is 3.05. The summed E-state index contributed by atoms with van der Waals surface area (Å²) in [5, 5.41) is 4.49. The Morgan fingerprint density at radius 3 is 3.06 bits per heavy atom. The van der Waals surface area contributed by atoms with Crippen molar-refractivity contribution in [1.82, 2.24) is 14.8 Å². The molecule has 5 nitrogen and oxygen atoms in total. The number of nitrogen functional groups attached to an aromatic ring is 1. The van der Waals surface area contributed by atoms with Crippen LogP contribution < -0.4 is 11.5 Å². The molecule has 1 unspecified atom stereocenters. The van der Waals surface area contributed by atoms with Crippen molar-refractivity contribution in [3.05, 3.63) is 30.1 Å². The first-order valence-electron chi connectivity index (χ1n) is 5.77. The monoisotopic (exact) mass is 229 g/mol. The fourth-order valence-corrected chi connectivity index (χ4v) is 2.13. The van der Waals surface area contributed by atoms with Gasteiger partial charge in [-0.2, -0.15) is 5.10 Å². The van der Waals surface area contributed by atoms with Gasteiger partial charge in [0.1, 0.15) is 5.82 Å². The second-order valence-electron chi connectivity index (χ2n) is 4.45. The van der Waals surface area contributed by atoms with E-state index in [1.165, 1.54) is 0 Å². The highest BCUT2D eigenvalue weighted by Crippen LogP contribution is 2.20. The molecule has 1 aliphatic heterocycles. The molecule has 0 spiro atoms. The van der Waals surface area contributed by atoms with Crippen molar-refractivity contribution in [2.24, 2.45) is 5.73 Å². The number of hydrogen-bond acceptors (Lipinski definition) is 4. The van der Waals surface area contributed by atoms with Gasteiger partial charge in [0.25, 0.3) is 0 Å². The van der Waals surface area contributed by atoms with Crippen LogP contribution in [0.25, 0.3) is 11.4 Å². The maximum absolute atomic E-state index is 5.92. The van der Waals surface area contributed by atoms with Crippen LogP contribution in [0.4, 0.5) is 5.69 Å². The van der Waals surface area contributed by atoms with Gasteiger partial charge in [0, 0.05) is 30.3 Å². The lowest BCUT2D eigenvalue weighted by Crippen LogP contribution is -2.31. The first kappa shape index (κ1) is 10.3. The predicted octanol–water partition coefficient (Wildman–Crippen LogP) is 0.801. The van der Waals surface area contributed by atoms with Gasteiger partial charge in [0.05, 0.1) is 0 Å². The van der Waals surface area contributed by atoms with Crippen molar-refractivity contribution in [3.8, 4) is 11.4 Å². The highest BCUT2D eigenvalue weighted by Gasteiger charge is 2.19. The summed E-state index contributed by atoms with van der Waals surface area (Å²) in [5.74, 6) is 1.71. The van der Waals surface area contributed by atoms with Crippen LogP contribution >= 0.6 is 0 Å². The Labute approximate surface area is 99.4 Å². The third-order valence-electron chi connectivity index (χ3n) is 3.05. The molecule has 88 valence electrons. The average molecular weight is 229 g/mol. The van der Waals surface area contributed by atoms with Gasteiger partial charge in [0.15, 0.2) is 5.82 Å². The summed E-state index contributed by atoms with van der Waals surface area (Å²) in [4.78, 5) is 4.53. The van der Waals surface area contributed by atoms with E-state index in [-0.39, 0.29) is 6.04 Å². The topological polar surface area (TPSA) is 82.8 Å². The molecule has 0 bridgehead atoms. The predicted molar refractivity (Wildman–Crippen MR) is 66.2 cm³/mol. The molecule has 1 aromatic carbocycles. The van der Waals surface area contributed by atoms with Gasteiger partial charge < -0.3 is 11.5 Å². The molecule has 0 saturated carbocycles. The first-order valence-corrected chi connectivity index (χ1v) is 5.77. The van der Waals surface area contributed by atoms with Crippen LogP contribution in [0.2, 0.25) is 0 Å². The number of fused-ring (bicyclic) bond motifs is 1. The largest absolute Gasteiger partial charge is 0.399 e. The van der Waals surface area contributed by atoms with Crippen molar-refractivity contribution in [2.75, 3.05) is 5.73 Å². The van der Waals surface area contributed by atoms with Crippen molar-refractivity contribution in [1.29, 1.82) is 0 Å². The number of nitrogens with two attached hydrogens (primary N) is 2. The number of nitrogens with zero attached hydrogens (tertiary/aromatic N) is 3. The maximum atomic E-state index is 5.92. The second-order valence-corrected chi connectivity index (χ2v) is 4.45. The minimum absolute atomic E-state index is 0.209. The van der Waals surface area contributed by atoms with Crippen LogP contribution in [0.3, 0.4) is 0 Å². The summed E-state index contributed by atoms with van der Waals surface area (Å²) in [6.45, 7) is 0.853. The van der Waals surface area contributed by atoms with Crippen LogP contribution in [0, 0.1) is 0 Å². The molecular weight excluding hydrogens is 214 g/mol. The van der Waals surface area contributed by atoms with Gasteiger partial charge in [-0.25, -0.2) is 9.67 Å². The van der Waals surface area contributed by atoms with Crippen LogP contribution in [0.5, 0.6) is 0 Å². The molecule has 2 aromatic rings. The Morgan fingerprint density at radius 1 is 1.35 bits per heavy atom. The maximum Gasteiger partial charge on any atom is 0.181 e. The van der Waals surface area contributed by atoms with Crippen LogP contribution in [0.1, 0.15) is 12.2 Å². The summed E-state index contributed by atoms with van der Waals surface area (Å²) in [7, 11) is 0. The second kappa shape index (κ2) is 3.85. The molecule has 1 aromatic heterocycles. The number of aryl methyl sites for hydroxylation is 1. The molecule has 2 heterocycles. The normalized spacial score (nSPS) is 19.0. The van der Waals surface area contributed by atoms with E-state index in [9.17, 15) is 0 Å². The van der Waals surface area contributed by atoms with Crippen LogP contribution in [-0.2, 0) is 13.0 Å². The van der Waals surface area contributed by atoms with Crippen molar-refractivity contribution >= 4 is 5.69 Å². The standard InChI is InChI=1S/C12H15N5/c13-9-3-1-2-8(6-9)12-15-11-7-10(14)4-5-17(11)16-12/h1-3,6,10H,4-5,7,13-14H2. The molecule has 0 fully saturated rings. The van der Waals surface area contributed by atoms with E-state index in [0.29, 0.717) is 0 Å². The number of benzene rings is 1. The number of hydrogen-bond donors (Lipinski definition) is 2. The van der Waals surface area contributed by atoms with Crippen LogP contribution in [-0.4, -0.2) is 20.8 Å². The van der Waals surface area contributed by atoms with E-state index < -0.39 is 0 Å². The number of aromatic nitrogens is 3. The lowest BCUT2D eigenvalue weighted by molar-refractivity contribution is 0.433. The number of rotatable bonds is 1. The fourth-order valence-electron chi connectivity index (χ4n) is 2.13. The van der Waals surface area contributed by atoms with E-state index in [4.69, 9.17) is 11.5 Å². The molecule has 0 saturated heterocycles. The van der Waals surface area contributed by atoms with E-state index in [0.717, 1.165) is 42.3 Å². The Balaban J connectivity index is 2.00. The van der Waals surface area contributed by atoms with Crippen LogP contribution in [0.15, 0.2) is 24.3 Å². The molecule has 5 heteroatoms. The van der Waals surface area contributed by atoms with Gasteiger partial charge in [-0.1, -0.05) is 12.1 Å². The zero-order valence-electron chi connectivity index (χ0n) is 9.50. The molecular formula is C12H15N5. The molecule has 0 amide bonds. The Morgan fingerprint density at radius 2 is 2.24 bits per heavy atom. The quantitative estimate of drug-likeness (QED) is 0.708. The van der Waals surface area contributed by atoms with Crippen molar-refractivity contribution < 1.29 is 0 Å². The summed E-state index contributed by atoms with van der Waals surface area (Å²) in [6.07, 6.45) is 1.77. The van der Waals surface area contributed by atoms with Gasteiger partial charge in [-0.15, -0.1) is 0 Å². The zero-order valence-corrected chi connectivity index (χ0v) is 9.50. The highest BCUT2D eigenvalue weighted by molar-refractivity contribution is 5.60. The van der Waals surface area contributed by atoms with Crippen molar-refractivity contribution in [3.63, 3.8) is 0 Å². The van der Waals surface area contributed by atoms with E-state index >= 15 is 0 Å². The summed E-state index contributed by atoms with van der Waals surface area (Å²) >= 11 is 0. The molecule has 1 atom stereocenters. The van der Waals surface area contributed by atoms with E-state index in [1.54, 1.807) is 0 Å². The molecule has 4 N–H and O–H groups in total. The van der Waals surface area contributed by atoms with Gasteiger partial charge in [0.2, 0.25) is 0 Å². The Kier molecular flexibility index (Phi) is 2.33. The first-order chi connectivity index (χ1) is 8.22. The smallest absolute Gasteiger partial charge is 0.181 e. The molecule has 3 rings (SSSR count). The summed E-state index contributed by atoms with van der Waals surface area (Å²) in [6, 6.07) is 7.84. The Hall–Kier alpha value is -1.88. The lowest BCUT2D eigenvalue weighted by atomic mass is 10.1. The Bertz CT molecular complexity index is 546. The molecule has 1 aliphatic rings. The lowest BCUT2D eigenvalue weighted by Gasteiger charge is -2.17. The van der Waals surface area contributed by atoms with Gasteiger partial charge in [-0.3, -0.25) is 0 Å². The molecule has 0 radical (unpaired) electrons. The fraction of sp³-hybridized carbons (Fsp3) is 0.333. The van der Waals surface area contributed by atoms with Gasteiger partial charge in [-0.05, 0) is 18.6 Å². The molecule has 17 heavy (non-hydrogen) atoms. The zero-order chi connectivity index (χ0) is 11.8. The summed E-state index contributed by atoms with van der Waals surface area (Å²) < 4.78 is 1.95. The minimum Gasteiger partial charge on any atom is -0.399 e. The molecule has 0 aliphatic carbocycles. The SMILES string of the molecule is Nc1cccc(-c2nc3n(n2)CCC(N)C3)c1. The van der Waals surface area contributed by atoms with E-state index in [2.05, 4.69) is 10.1 Å². The third kappa shape index (κ3) is 1.89.